The molecule has 0 saturated carbocycles. The van der Waals surface area contributed by atoms with Crippen LogP contribution in [0.5, 0.6) is 0 Å². The van der Waals surface area contributed by atoms with Crippen LogP contribution in [0, 0.1) is 11.3 Å². The van der Waals surface area contributed by atoms with Gasteiger partial charge in [-0.25, -0.2) is 9.97 Å². The van der Waals surface area contributed by atoms with E-state index in [0.29, 0.717) is 5.75 Å². The predicted molar refractivity (Wildman–Crippen MR) is 84.8 cm³/mol. The Hall–Kier alpha value is -1.90. The smallest absolute Gasteiger partial charge is 0.141 e. The third-order valence-electron chi connectivity index (χ3n) is 2.98. The molecule has 21 heavy (non-hydrogen) atoms. The van der Waals surface area contributed by atoms with Crippen molar-refractivity contribution in [3.8, 4) is 6.07 Å². The van der Waals surface area contributed by atoms with Crippen LogP contribution in [-0.2, 0) is 5.54 Å². The van der Waals surface area contributed by atoms with Crippen LogP contribution >= 0.6 is 11.8 Å². The molecule has 1 aromatic heterocycles. The van der Waals surface area contributed by atoms with Crippen molar-refractivity contribution in [1.82, 2.24) is 15.3 Å². The highest BCUT2D eigenvalue weighted by atomic mass is 32.2. The number of nitrogens with one attached hydrogen (secondary N) is 1. The van der Waals surface area contributed by atoms with E-state index >= 15 is 0 Å². The fourth-order valence-electron chi connectivity index (χ4n) is 2.10. The first-order chi connectivity index (χ1) is 10.2. The molecule has 0 bridgehead atoms. The van der Waals surface area contributed by atoms with E-state index in [1.807, 2.05) is 50.2 Å². The maximum Gasteiger partial charge on any atom is 0.141 e. The lowest BCUT2D eigenvalue weighted by Crippen LogP contribution is -2.47. The van der Waals surface area contributed by atoms with Crippen molar-refractivity contribution < 1.29 is 0 Å². The van der Waals surface area contributed by atoms with Gasteiger partial charge in [-0.3, -0.25) is 5.32 Å². The zero-order valence-electron chi connectivity index (χ0n) is 12.2. The summed E-state index contributed by atoms with van der Waals surface area (Å²) in [5.41, 5.74) is 0.244. The number of hydrogen-bond acceptors (Lipinski definition) is 5. The van der Waals surface area contributed by atoms with Crippen LogP contribution in [0.15, 0.2) is 53.9 Å². The molecule has 0 aliphatic heterocycles. The molecule has 0 amide bonds. The normalized spacial score (nSPS) is 13.6. The molecule has 5 heteroatoms. The molecule has 0 aliphatic carbocycles. The molecular weight excluding hydrogens is 280 g/mol. The van der Waals surface area contributed by atoms with Gasteiger partial charge in [0.1, 0.15) is 11.9 Å². The zero-order chi connectivity index (χ0) is 15.1. The Kier molecular flexibility index (Phi) is 5.32. The number of hydrogen-bond donors (Lipinski definition) is 1. The van der Waals surface area contributed by atoms with Gasteiger partial charge in [0.25, 0.3) is 0 Å². The molecule has 1 unspecified atom stereocenters. The minimum absolute atomic E-state index is 0.204. The van der Waals surface area contributed by atoms with E-state index in [0.717, 1.165) is 10.6 Å². The van der Waals surface area contributed by atoms with Crippen LogP contribution in [0.1, 0.15) is 19.4 Å². The van der Waals surface area contributed by atoms with Crippen LogP contribution in [0.2, 0.25) is 0 Å². The summed E-state index contributed by atoms with van der Waals surface area (Å²) in [4.78, 5) is 8.12. The van der Waals surface area contributed by atoms with Crippen molar-refractivity contribution in [2.75, 3.05) is 5.75 Å². The molecule has 0 aliphatic rings. The van der Waals surface area contributed by atoms with Gasteiger partial charge in [-0.2, -0.15) is 5.26 Å². The summed E-state index contributed by atoms with van der Waals surface area (Å²) >= 11 is 1.55. The number of aromatic nitrogens is 2. The first-order valence-electron chi connectivity index (χ1n) is 6.79. The average molecular weight is 298 g/mol. The number of nitrogens with zero attached hydrogens (tertiary/aromatic N) is 3. The van der Waals surface area contributed by atoms with E-state index in [9.17, 15) is 5.26 Å². The van der Waals surface area contributed by atoms with Crippen LogP contribution in [0.25, 0.3) is 0 Å². The molecule has 0 fully saturated rings. The second kappa shape index (κ2) is 7.21. The maximum absolute atomic E-state index is 9.80. The summed E-state index contributed by atoms with van der Waals surface area (Å²) in [5, 5.41) is 14.1. The van der Waals surface area contributed by atoms with Gasteiger partial charge in [0.15, 0.2) is 0 Å². The van der Waals surface area contributed by atoms with Crippen molar-refractivity contribution in [3.05, 3.63) is 54.5 Å². The third-order valence-corrected chi connectivity index (χ3v) is 4.10. The Morgan fingerprint density at radius 2 is 2.05 bits per heavy atom. The summed E-state index contributed by atoms with van der Waals surface area (Å²) in [6.45, 7) is 4.09. The maximum atomic E-state index is 9.80. The zero-order valence-corrected chi connectivity index (χ0v) is 13.0. The largest absolute Gasteiger partial charge is 0.293 e. The minimum Gasteiger partial charge on any atom is -0.293 e. The monoisotopic (exact) mass is 298 g/mol. The third kappa shape index (κ3) is 4.03. The van der Waals surface area contributed by atoms with E-state index < -0.39 is 5.54 Å². The molecule has 1 heterocycles. The molecule has 2 rings (SSSR count). The Labute approximate surface area is 129 Å². The second-order valence-corrected chi connectivity index (χ2v) is 6.01. The quantitative estimate of drug-likeness (QED) is 0.656. The van der Waals surface area contributed by atoms with E-state index in [4.69, 9.17) is 0 Å². The first kappa shape index (κ1) is 15.5. The van der Waals surface area contributed by atoms with Crippen LogP contribution in [0.4, 0.5) is 0 Å². The highest BCUT2D eigenvalue weighted by Gasteiger charge is 2.33. The molecule has 0 radical (unpaired) electrons. The molecule has 0 spiro atoms. The van der Waals surface area contributed by atoms with Crippen LogP contribution < -0.4 is 5.32 Å². The Morgan fingerprint density at radius 1 is 1.29 bits per heavy atom. The summed E-state index contributed by atoms with van der Waals surface area (Å²) < 4.78 is 0. The van der Waals surface area contributed by atoms with Gasteiger partial charge in [0.05, 0.1) is 11.1 Å². The topological polar surface area (TPSA) is 61.6 Å². The minimum atomic E-state index is -0.731. The van der Waals surface area contributed by atoms with Crippen molar-refractivity contribution in [3.63, 3.8) is 0 Å². The Balaban J connectivity index is 2.26. The van der Waals surface area contributed by atoms with Gasteiger partial charge in [-0.15, -0.1) is 11.8 Å². The van der Waals surface area contributed by atoms with Crippen molar-refractivity contribution in [2.24, 2.45) is 0 Å². The Bertz CT molecular complexity index is 595. The van der Waals surface area contributed by atoms with Crippen molar-refractivity contribution >= 4 is 11.8 Å². The van der Waals surface area contributed by atoms with Gasteiger partial charge in [0.2, 0.25) is 0 Å². The van der Waals surface area contributed by atoms with Gasteiger partial charge < -0.3 is 0 Å². The van der Waals surface area contributed by atoms with Crippen LogP contribution in [-0.4, -0.2) is 21.8 Å². The van der Waals surface area contributed by atoms with Gasteiger partial charge in [-0.05, 0) is 25.5 Å². The Morgan fingerprint density at radius 3 is 2.62 bits per heavy atom. The number of benzene rings is 1. The molecule has 0 saturated heterocycles. The first-order valence-corrected chi connectivity index (χ1v) is 7.78. The second-order valence-electron chi connectivity index (χ2n) is 5.02. The highest BCUT2D eigenvalue weighted by Crippen LogP contribution is 2.29. The fourth-order valence-corrected chi connectivity index (χ4v) is 3.06. The van der Waals surface area contributed by atoms with Gasteiger partial charge >= 0.3 is 0 Å². The molecule has 2 aromatic rings. The number of nitriles is 1. The average Bonchev–Trinajstić information content (AvgIpc) is 2.53. The molecular formula is C16H18N4S. The summed E-state index contributed by atoms with van der Waals surface area (Å²) in [6.07, 6.45) is 3.23. The van der Waals surface area contributed by atoms with Crippen molar-refractivity contribution in [1.29, 1.82) is 5.26 Å². The molecule has 1 atom stereocenters. The van der Waals surface area contributed by atoms with E-state index in [2.05, 4.69) is 21.4 Å². The summed E-state index contributed by atoms with van der Waals surface area (Å²) in [7, 11) is 0. The van der Waals surface area contributed by atoms with Gasteiger partial charge in [-0.1, -0.05) is 30.3 Å². The van der Waals surface area contributed by atoms with Crippen LogP contribution in [0.3, 0.4) is 0 Å². The molecule has 4 nitrogen and oxygen atoms in total. The van der Waals surface area contributed by atoms with E-state index in [1.165, 1.54) is 6.33 Å². The predicted octanol–water partition coefficient (Wildman–Crippen LogP) is 2.99. The summed E-state index contributed by atoms with van der Waals surface area (Å²) in [6, 6.07) is 14.4. The standard InChI is InChI=1S/C16H18N4S/c1-13(2)20-16(10-17,14-6-4-3-5-7-14)11-21-15-8-9-18-12-19-15/h3-9,12-13,20H,11H2,1-2H3. The highest BCUT2D eigenvalue weighted by molar-refractivity contribution is 7.99. The van der Waals surface area contributed by atoms with E-state index in [-0.39, 0.29) is 6.04 Å². The lowest BCUT2D eigenvalue weighted by molar-refractivity contribution is 0.425. The molecule has 108 valence electrons. The van der Waals surface area contributed by atoms with Gasteiger partial charge in [0, 0.05) is 18.0 Å². The number of thioether (sulfide) groups is 1. The number of rotatable bonds is 6. The molecule has 1 aromatic carbocycles. The fraction of sp³-hybridized carbons (Fsp3) is 0.312. The van der Waals surface area contributed by atoms with Crippen molar-refractivity contribution in [2.45, 2.75) is 30.5 Å². The summed E-state index contributed by atoms with van der Waals surface area (Å²) in [5.74, 6) is 0.586. The van der Waals surface area contributed by atoms with E-state index in [1.54, 1.807) is 18.0 Å². The SMILES string of the molecule is CC(C)NC(C#N)(CSc1ccncn1)c1ccccc1. The lowest BCUT2D eigenvalue weighted by Gasteiger charge is -2.30. The molecule has 1 N–H and O–H groups in total. The lowest BCUT2D eigenvalue weighted by atomic mass is 9.92.